The van der Waals surface area contributed by atoms with Crippen molar-refractivity contribution < 1.29 is 17.6 Å². The van der Waals surface area contributed by atoms with E-state index in [1.54, 1.807) is 12.1 Å². The lowest BCUT2D eigenvalue weighted by Gasteiger charge is -2.35. The topological polar surface area (TPSA) is 72.6 Å². The van der Waals surface area contributed by atoms with Gasteiger partial charge in [-0.3, -0.25) is 0 Å². The van der Waals surface area contributed by atoms with Gasteiger partial charge in [-0.05, 0) is 50.2 Å². The molecule has 29 heavy (non-hydrogen) atoms. The van der Waals surface area contributed by atoms with Crippen molar-refractivity contribution in [1.82, 2.24) is 4.98 Å². The summed E-state index contributed by atoms with van der Waals surface area (Å²) in [6.07, 6.45) is -0.120. The van der Waals surface area contributed by atoms with Crippen LogP contribution in [0.1, 0.15) is 13.8 Å². The monoisotopic (exact) mass is 432 g/mol. The summed E-state index contributed by atoms with van der Waals surface area (Å²) in [5.74, 6) is 0.501. The van der Waals surface area contributed by atoms with Gasteiger partial charge < -0.3 is 14.1 Å². The average molecular weight is 433 g/mol. The van der Waals surface area contributed by atoms with E-state index in [-0.39, 0.29) is 33.9 Å². The van der Waals surface area contributed by atoms with E-state index in [0.29, 0.717) is 23.7 Å². The Morgan fingerprint density at radius 3 is 2.24 bits per heavy atom. The quantitative estimate of drug-likeness (QED) is 0.606. The maximum Gasteiger partial charge on any atom is 0.236 e. The number of rotatable bonds is 4. The molecule has 1 fully saturated rings. The fourth-order valence-electron chi connectivity index (χ4n) is 3.45. The van der Waals surface area contributed by atoms with E-state index in [4.69, 9.17) is 20.8 Å². The summed E-state index contributed by atoms with van der Waals surface area (Å²) in [5, 5.41) is 0.366. The van der Waals surface area contributed by atoms with Crippen LogP contribution in [0.5, 0.6) is 0 Å². The van der Waals surface area contributed by atoms with Crippen molar-refractivity contribution in [3.63, 3.8) is 0 Å². The van der Waals surface area contributed by atoms with E-state index in [1.807, 2.05) is 49.1 Å². The summed E-state index contributed by atoms with van der Waals surface area (Å²) in [6.45, 7) is 4.92. The number of anilines is 1. The van der Waals surface area contributed by atoms with E-state index < -0.39 is 9.84 Å². The molecule has 1 aliphatic heterocycles. The zero-order chi connectivity index (χ0) is 20.6. The van der Waals surface area contributed by atoms with Crippen molar-refractivity contribution in [2.75, 3.05) is 18.0 Å². The van der Waals surface area contributed by atoms with Crippen molar-refractivity contribution in [1.29, 1.82) is 0 Å². The molecule has 0 radical (unpaired) electrons. The normalized spacial score (nSPS) is 20.0. The van der Waals surface area contributed by atoms with E-state index in [9.17, 15) is 8.42 Å². The number of nitrogens with zero attached hydrogens (tertiary/aromatic N) is 2. The van der Waals surface area contributed by atoms with E-state index in [2.05, 4.69) is 4.98 Å². The Morgan fingerprint density at radius 2 is 1.62 bits per heavy atom. The highest BCUT2D eigenvalue weighted by Gasteiger charge is 2.34. The van der Waals surface area contributed by atoms with Crippen molar-refractivity contribution >= 4 is 27.3 Å². The number of morpholine rings is 1. The van der Waals surface area contributed by atoms with Crippen LogP contribution in [0.4, 0.5) is 5.88 Å². The van der Waals surface area contributed by atoms with Gasteiger partial charge in [0, 0.05) is 23.7 Å². The number of aromatic nitrogens is 1. The number of sulfone groups is 1. The first-order valence-corrected chi connectivity index (χ1v) is 11.2. The molecule has 0 saturated carbocycles. The zero-order valence-corrected chi connectivity index (χ0v) is 17.7. The fraction of sp³-hybridized carbons (Fsp3) is 0.286. The van der Waals surface area contributed by atoms with Crippen LogP contribution in [-0.2, 0) is 14.6 Å². The van der Waals surface area contributed by atoms with Gasteiger partial charge >= 0.3 is 0 Å². The standard InChI is InChI=1S/C21H21ClN2O4S/c1-14-12-24(13-15(2)27-14)21-20(23-19(28-21)16-6-4-3-5-7-16)29(25,26)18-10-8-17(22)9-11-18/h3-11,14-15H,12-13H2,1-2H3. The molecule has 0 N–H and O–H groups in total. The maximum atomic E-state index is 13.4. The molecule has 6 nitrogen and oxygen atoms in total. The van der Waals surface area contributed by atoms with Gasteiger partial charge in [0.25, 0.3) is 0 Å². The second kappa shape index (κ2) is 7.82. The Bertz CT molecular complexity index is 1090. The van der Waals surface area contributed by atoms with E-state index in [0.717, 1.165) is 0 Å². The first-order valence-electron chi connectivity index (χ1n) is 9.32. The predicted octanol–water partition coefficient (Wildman–Crippen LogP) is 4.44. The maximum absolute atomic E-state index is 13.4. The van der Waals surface area contributed by atoms with Crippen molar-refractivity contribution in [3.05, 3.63) is 59.6 Å². The third-order valence-electron chi connectivity index (χ3n) is 4.69. The lowest BCUT2D eigenvalue weighted by molar-refractivity contribution is -0.00657. The molecule has 152 valence electrons. The van der Waals surface area contributed by atoms with Crippen LogP contribution in [0.15, 0.2) is 68.9 Å². The van der Waals surface area contributed by atoms with E-state index in [1.165, 1.54) is 12.1 Å². The molecule has 0 bridgehead atoms. The minimum Gasteiger partial charge on any atom is -0.419 e. The highest BCUT2D eigenvalue weighted by atomic mass is 35.5. The molecule has 2 unspecified atom stereocenters. The van der Waals surface area contributed by atoms with Gasteiger partial charge in [0.1, 0.15) is 0 Å². The summed E-state index contributed by atoms with van der Waals surface area (Å²) in [6, 6.07) is 15.3. The summed E-state index contributed by atoms with van der Waals surface area (Å²) in [5.41, 5.74) is 0.709. The van der Waals surface area contributed by atoms with Gasteiger partial charge in [-0.1, -0.05) is 29.8 Å². The highest BCUT2D eigenvalue weighted by molar-refractivity contribution is 7.91. The Balaban J connectivity index is 1.85. The molecule has 2 heterocycles. The van der Waals surface area contributed by atoms with Crippen LogP contribution in [0.3, 0.4) is 0 Å². The van der Waals surface area contributed by atoms with Crippen LogP contribution in [0, 0.1) is 0 Å². The molecule has 1 aromatic heterocycles. The Kier molecular flexibility index (Phi) is 5.38. The smallest absolute Gasteiger partial charge is 0.236 e. The van der Waals surface area contributed by atoms with E-state index >= 15 is 0 Å². The van der Waals surface area contributed by atoms with Gasteiger partial charge in [-0.2, -0.15) is 4.98 Å². The lowest BCUT2D eigenvalue weighted by atomic mass is 10.2. The Morgan fingerprint density at radius 1 is 1.00 bits per heavy atom. The second-order valence-electron chi connectivity index (χ2n) is 7.12. The Labute approximate surface area is 175 Å². The molecule has 2 aromatic carbocycles. The number of halogens is 1. The highest BCUT2D eigenvalue weighted by Crippen LogP contribution is 2.36. The van der Waals surface area contributed by atoms with Crippen LogP contribution in [0.2, 0.25) is 5.02 Å². The molecule has 0 spiro atoms. The molecule has 1 saturated heterocycles. The molecule has 1 aliphatic rings. The zero-order valence-electron chi connectivity index (χ0n) is 16.1. The van der Waals surface area contributed by atoms with Gasteiger partial charge in [0.2, 0.25) is 26.6 Å². The minimum atomic E-state index is -3.90. The van der Waals surface area contributed by atoms with Crippen molar-refractivity contribution in [2.45, 2.75) is 36.0 Å². The minimum absolute atomic E-state index is 0.0601. The number of ether oxygens (including phenoxy) is 1. The molecular weight excluding hydrogens is 412 g/mol. The molecule has 8 heteroatoms. The van der Waals surface area contributed by atoms with Crippen molar-refractivity contribution in [3.8, 4) is 11.5 Å². The van der Waals surface area contributed by atoms with Gasteiger partial charge in [-0.15, -0.1) is 0 Å². The molecule has 0 amide bonds. The van der Waals surface area contributed by atoms with Crippen LogP contribution in [0.25, 0.3) is 11.5 Å². The van der Waals surface area contributed by atoms with Crippen molar-refractivity contribution in [2.24, 2.45) is 0 Å². The second-order valence-corrected chi connectivity index (χ2v) is 9.42. The van der Waals surface area contributed by atoms with Gasteiger partial charge in [0.05, 0.1) is 17.1 Å². The molecular formula is C21H21ClN2O4S. The number of oxazole rings is 1. The molecule has 4 rings (SSSR count). The van der Waals surface area contributed by atoms with Crippen LogP contribution < -0.4 is 4.90 Å². The average Bonchev–Trinajstić information content (AvgIpc) is 3.15. The summed E-state index contributed by atoms with van der Waals surface area (Å²) in [4.78, 5) is 6.41. The third-order valence-corrected chi connectivity index (χ3v) is 6.61. The van der Waals surface area contributed by atoms with Gasteiger partial charge in [0.15, 0.2) is 0 Å². The lowest BCUT2D eigenvalue weighted by Crippen LogP contribution is -2.45. The number of hydrogen-bond acceptors (Lipinski definition) is 6. The summed E-state index contributed by atoms with van der Waals surface area (Å²) < 4.78 is 38.6. The first-order chi connectivity index (χ1) is 13.8. The summed E-state index contributed by atoms with van der Waals surface area (Å²) >= 11 is 5.93. The van der Waals surface area contributed by atoms with Gasteiger partial charge in [-0.25, -0.2) is 8.42 Å². The molecule has 2 atom stereocenters. The molecule has 0 aliphatic carbocycles. The number of hydrogen-bond donors (Lipinski definition) is 0. The summed E-state index contributed by atoms with van der Waals surface area (Å²) in [7, 11) is -3.90. The third kappa shape index (κ3) is 4.03. The van der Waals surface area contributed by atoms with Crippen LogP contribution >= 0.6 is 11.6 Å². The van der Waals surface area contributed by atoms with Crippen LogP contribution in [-0.4, -0.2) is 38.7 Å². The molecule has 3 aromatic rings. The Hall–Kier alpha value is -2.35. The fourth-order valence-corrected chi connectivity index (χ4v) is 4.89. The number of benzene rings is 2. The predicted molar refractivity (Wildman–Crippen MR) is 111 cm³/mol. The SMILES string of the molecule is CC1CN(c2oc(-c3ccccc3)nc2S(=O)(=O)c2ccc(Cl)cc2)CC(C)O1. The first kappa shape index (κ1) is 19.9. The largest absolute Gasteiger partial charge is 0.419 e.